The lowest BCUT2D eigenvalue weighted by atomic mass is 10.0. The molecule has 0 unspecified atom stereocenters. The minimum Gasteiger partial charge on any atom is -0.488 e. The molecule has 41 heavy (non-hydrogen) atoms. The number of rotatable bonds is 8. The number of benzene rings is 5. The Bertz CT molecular complexity index is 1770. The van der Waals surface area contributed by atoms with Gasteiger partial charge in [-0.25, -0.2) is 10.2 Å². The minimum atomic E-state index is -0.660. The van der Waals surface area contributed by atoms with E-state index in [0.717, 1.165) is 16.3 Å². The summed E-state index contributed by atoms with van der Waals surface area (Å²) in [6.45, 7) is 0.257. The van der Waals surface area contributed by atoms with Crippen molar-refractivity contribution in [1.82, 2.24) is 5.43 Å². The number of hydrogen-bond donors (Lipinski definition) is 1. The molecule has 0 saturated carbocycles. The molecule has 0 aliphatic carbocycles. The number of nitrogens with one attached hydrogen (secondary N) is 1. The number of esters is 1. The molecule has 5 aromatic rings. The van der Waals surface area contributed by atoms with E-state index >= 15 is 0 Å². The average Bonchev–Trinajstić information content (AvgIpc) is 2.97. The minimum absolute atomic E-state index is 0.163. The van der Waals surface area contributed by atoms with E-state index in [4.69, 9.17) is 44.3 Å². The Morgan fingerprint density at radius 3 is 2.29 bits per heavy atom. The maximum atomic E-state index is 13.1. The maximum absolute atomic E-state index is 13.1. The first-order valence-electron chi connectivity index (χ1n) is 12.4. The number of para-hydroxylation sites is 1. The van der Waals surface area contributed by atoms with Crippen LogP contribution in [0.15, 0.2) is 108 Å². The summed E-state index contributed by atoms with van der Waals surface area (Å²) >= 11 is 18.1. The third kappa shape index (κ3) is 6.87. The largest absolute Gasteiger partial charge is 0.488 e. The van der Waals surface area contributed by atoms with Crippen LogP contribution in [0.1, 0.15) is 31.8 Å². The van der Waals surface area contributed by atoms with Gasteiger partial charge in [-0.15, -0.1) is 0 Å². The number of ether oxygens (including phenoxy) is 2. The summed E-state index contributed by atoms with van der Waals surface area (Å²) in [5.74, 6) is -0.494. The summed E-state index contributed by atoms with van der Waals surface area (Å²) in [7, 11) is 0. The molecule has 0 spiro atoms. The van der Waals surface area contributed by atoms with Crippen molar-refractivity contribution in [3.8, 4) is 11.5 Å². The van der Waals surface area contributed by atoms with Gasteiger partial charge in [-0.1, -0.05) is 89.4 Å². The Morgan fingerprint density at radius 1 is 0.756 bits per heavy atom. The van der Waals surface area contributed by atoms with E-state index in [1.54, 1.807) is 48.5 Å². The second kappa shape index (κ2) is 12.9. The maximum Gasteiger partial charge on any atom is 0.345 e. The molecule has 0 fully saturated rings. The Labute approximate surface area is 251 Å². The van der Waals surface area contributed by atoms with Crippen molar-refractivity contribution in [2.45, 2.75) is 6.61 Å². The fraction of sp³-hybridized carbons (Fsp3) is 0.0312. The molecule has 0 saturated heterocycles. The van der Waals surface area contributed by atoms with Crippen molar-refractivity contribution < 1.29 is 19.1 Å². The first-order valence-corrected chi connectivity index (χ1v) is 13.5. The van der Waals surface area contributed by atoms with Gasteiger partial charge >= 0.3 is 5.97 Å². The summed E-state index contributed by atoms with van der Waals surface area (Å²) in [4.78, 5) is 26.0. The summed E-state index contributed by atoms with van der Waals surface area (Å²) in [5, 5.41) is 7.04. The zero-order chi connectivity index (χ0) is 28.8. The van der Waals surface area contributed by atoms with Crippen LogP contribution in [0.5, 0.6) is 11.5 Å². The van der Waals surface area contributed by atoms with Crippen LogP contribution < -0.4 is 14.9 Å². The highest BCUT2D eigenvalue weighted by atomic mass is 35.5. The summed E-state index contributed by atoms with van der Waals surface area (Å²) in [5.41, 5.74) is 4.41. The summed E-state index contributed by atoms with van der Waals surface area (Å²) < 4.78 is 11.6. The standard InChI is InChI=1S/C32H21Cl3N2O4/c33-22-12-9-20(10-13-22)19-40-29-8-4-3-7-26(29)31(38)37-36-18-27-24-6-2-1-5-21(24)11-16-30(27)41-32(39)25-15-14-23(34)17-28(25)35/h1-18H,19H2,(H,37,38)/b36-18+. The first kappa shape index (κ1) is 28.2. The fourth-order valence-electron chi connectivity index (χ4n) is 4.05. The SMILES string of the molecule is O=C(Oc1ccc2ccccc2c1/C=N/NC(=O)c1ccccc1OCc1ccc(Cl)cc1)c1ccc(Cl)cc1Cl. The quantitative estimate of drug-likeness (QED) is 0.0837. The van der Waals surface area contributed by atoms with E-state index in [1.807, 2.05) is 42.5 Å². The normalized spacial score (nSPS) is 11.0. The monoisotopic (exact) mass is 602 g/mol. The Hall–Kier alpha value is -4.36. The molecule has 6 nitrogen and oxygen atoms in total. The number of carbonyl (C=O) groups excluding carboxylic acids is 2. The Morgan fingerprint density at radius 2 is 1.49 bits per heavy atom. The van der Waals surface area contributed by atoms with Crippen LogP contribution in [-0.2, 0) is 6.61 Å². The van der Waals surface area contributed by atoms with Crippen LogP contribution in [0.3, 0.4) is 0 Å². The molecule has 0 radical (unpaired) electrons. The van der Waals surface area contributed by atoms with Gasteiger partial charge in [0.2, 0.25) is 0 Å². The highest BCUT2D eigenvalue weighted by Gasteiger charge is 2.17. The van der Waals surface area contributed by atoms with E-state index in [1.165, 1.54) is 18.3 Å². The van der Waals surface area contributed by atoms with Crippen LogP contribution in [-0.4, -0.2) is 18.1 Å². The Balaban J connectivity index is 1.36. The van der Waals surface area contributed by atoms with Crippen LogP contribution in [0.4, 0.5) is 0 Å². The topological polar surface area (TPSA) is 77.0 Å². The van der Waals surface area contributed by atoms with E-state index in [0.29, 0.717) is 26.9 Å². The zero-order valence-corrected chi connectivity index (χ0v) is 23.6. The molecule has 0 aromatic heterocycles. The predicted molar refractivity (Wildman–Crippen MR) is 163 cm³/mol. The first-order chi connectivity index (χ1) is 19.9. The molecule has 5 rings (SSSR count). The van der Waals surface area contributed by atoms with Gasteiger partial charge in [-0.3, -0.25) is 4.79 Å². The number of carbonyl (C=O) groups is 2. The number of fused-ring (bicyclic) bond motifs is 1. The zero-order valence-electron chi connectivity index (χ0n) is 21.3. The van der Waals surface area contributed by atoms with Crippen molar-refractivity contribution in [2.24, 2.45) is 5.10 Å². The second-order valence-electron chi connectivity index (χ2n) is 8.82. The molecule has 0 atom stereocenters. The molecule has 1 N–H and O–H groups in total. The van der Waals surface area contributed by atoms with Gasteiger partial charge in [0, 0.05) is 15.6 Å². The molecule has 0 bridgehead atoms. The lowest BCUT2D eigenvalue weighted by Gasteiger charge is -2.12. The number of halogens is 3. The number of nitrogens with zero attached hydrogens (tertiary/aromatic N) is 1. The third-order valence-corrected chi connectivity index (χ3v) is 6.88. The predicted octanol–water partition coefficient (Wildman–Crippen LogP) is 8.36. The van der Waals surface area contributed by atoms with Gasteiger partial charge in [0.15, 0.2) is 0 Å². The van der Waals surface area contributed by atoms with Crippen LogP contribution >= 0.6 is 34.8 Å². The summed E-state index contributed by atoms with van der Waals surface area (Å²) in [6.07, 6.45) is 1.43. The molecule has 1 amide bonds. The average molecular weight is 604 g/mol. The molecule has 204 valence electrons. The molecular weight excluding hydrogens is 583 g/mol. The molecule has 0 aliphatic rings. The van der Waals surface area contributed by atoms with Crippen molar-refractivity contribution in [1.29, 1.82) is 0 Å². The molecule has 5 aromatic carbocycles. The second-order valence-corrected chi connectivity index (χ2v) is 10.1. The lowest BCUT2D eigenvalue weighted by molar-refractivity contribution is 0.0734. The molecule has 9 heteroatoms. The van der Waals surface area contributed by atoms with Crippen molar-refractivity contribution in [3.05, 3.63) is 140 Å². The van der Waals surface area contributed by atoms with Gasteiger partial charge in [0.25, 0.3) is 5.91 Å². The van der Waals surface area contributed by atoms with Crippen LogP contribution in [0, 0.1) is 0 Å². The van der Waals surface area contributed by atoms with E-state index in [2.05, 4.69) is 10.5 Å². The van der Waals surface area contributed by atoms with Crippen LogP contribution in [0.2, 0.25) is 15.1 Å². The molecule has 0 aliphatic heterocycles. The number of hydrazone groups is 1. The van der Waals surface area contributed by atoms with Gasteiger partial charge in [-0.05, 0) is 64.9 Å². The van der Waals surface area contributed by atoms with Gasteiger partial charge in [0.05, 0.1) is 22.4 Å². The Kier molecular flexibility index (Phi) is 8.85. The fourth-order valence-corrected chi connectivity index (χ4v) is 4.66. The molecule has 0 heterocycles. The van der Waals surface area contributed by atoms with Crippen molar-refractivity contribution in [3.63, 3.8) is 0 Å². The summed E-state index contributed by atoms with van der Waals surface area (Å²) in [6, 6.07) is 29.6. The van der Waals surface area contributed by atoms with Crippen LogP contribution in [0.25, 0.3) is 10.8 Å². The third-order valence-electron chi connectivity index (χ3n) is 6.08. The van der Waals surface area contributed by atoms with Gasteiger partial charge < -0.3 is 9.47 Å². The van der Waals surface area contributed by atoms with Gasteiger partial charge in [-0.2, -0.15) is 5.10 Å². The smallest absolute Gasteiger partial charge is 0.345 e. The highest BCUT2D eigenvalue weighted by molar-refractivity contribution is 6.36. The lowest BCUT2D eigenvalue weighted by Crippen LogP contribution is -2.19. The number of hydrogen-bond acceptors (Lipinski definition) is 5. The molecular formula is C32H21Cl3N2O4. The van der Waals surface area contributed by atoms with Crippen molar-refractivity contribution >= 4 is 63.7 Å². The van der Waals surface area contributed by atoms with Gasteiger partial charge in [0.1, 0.15) is 18.1 Å². The van der Waals surface area contributed by atoms with Crippen molar-refractivity contribution in [2.75, 3.05) is 0 Å². The number of amides is 1. The highest BCUT2D eigenvalue weighted by Crippen LogP contribution is 2.29. The van der Waals surface area contributed by atoms with E-state index in [-0.39, 0.29) is 22.9 Å². The van der Waals surface area contributed by atoms with E-state index < -0.39 is 11.9 Å². The van der Waals surface area contributed by atoms with E-state index in [9.17, 15) is 9.59 Å².